The molecule has 218 valence electrons. The Labute approximate surface area is 252 Å². The number of nitriles is 2. The van der Waals surface area contributed by atoms with Crippen LogP contribution in [0.25, 0.3) is 0 Å². The zero-order chi connectivity index (χ0) is 30.0. The molecule has 0 radical (unpaired) electrons. The molecule has 0 amide bonds. The van der Waals surface area contributed by atoms with Gasteiger partial charge in [-0.3, -0.25) is 0 Å². The van der Waals surface area contributed by atoms with E-state index < -0.39 is 14.9 Å². The van der Waals surface area contributed by atoms with Crippen LogP contribution in [0, 0.1) is 44.8 Å². The van der Waals surface area contributed by atoms with Crippen LogP contribution in [0.1, 0.15) is 49.7 Å². The van der Waals surface area contributed by atoms with E-state index in [9.17, 15) is 8.42 Å². The molecule has 6 aliphatic rings. The van der Waals surface area contributed by atoms with Crippen LogP contribution in [-0.4, -0.2) is 19.2 Å². The molecule has 6 fully saturated rings. The molecule has 0 aliphatic heterocycles. The molecule has 3 aromatic rings. The third-order valence-corrected chi connectivity index (χ3v) is 10.8. The van der Waals surface area contributed by atoms with E-state index in [0.29, 0.717) is 12.3 Å². The van der Waals surface area contributed by atoms with Crippen molar-refractivity contribution in [3.8, 4) is 12.1 Å². The van der Waals surface area contributed by atoms with Gasteiger partial charge in [-0.15, -0.1) is 0 Å². The summed E-state index contributed by atoms with van der Waals surface area (Å²) < 4.78 is 24.3. The first kappa shape index (κ1) is 28.6. The number of hydrogen-bond acceptors (Lipinski definition) is 8. The van der Waals surface area contributed by atoms with Crippen molar-refractivity contribution in [2.24, 2.45) is 32.5 Å². The number of sulfone groups is 1. The van der Waals surface area contributed by atoms with Gasteiger partial charge in [-0.05, 0) is 78.5 Å². The van der Waals surface area contributed by atoms with E-state index in [0.717, 1.165) is 47.1 Å². The maximum absolute atomic E-state index is 12.2. The first-order valence-corrected chi connectivity index (χ1v) is 15.9. The summed E-state index contributed by atoms with van der Waals surface area (Å²) in [6.07, 6.45) is 8.27. The summed E-state index contributed by atoms with van der Waals surface area (Å²) in [5.41, 5.74) is 4.72. The zero-order valence-electron chi connectivity index (χ0n) is 23.7. The number of oxime groups is 2. The average molecular weight is 593 g/mol. The van der Waals surface area contributed by atoms with E-state index in [1.165, 1.54) is 12.1 Å². The average Bonchev–Trinajstić information content (AvgIpc) is 3.90. The number of rotatable bonds is 8. The monoisotopic (exact) mass is 592 g/mol. The molecule has 3 aromatic carbocycles. The van der Waals surface area contributed by atoms with Crippen molar-refractivity contribution < 1.29 is 18.1 Å². The van der Waals surface area contributed by atoms with Gasteiger partial charge in [0, 0.05) is 5.41 Å². The molecule has 8 nitrogen and oxygen atoms in total. The molecule has 0 aromatic heterocycles. The standard InChI is InChI=1S/C15H12N2O3S.C14H14N2O.C5H6/c16-11-15(17-20-12-13-7-3-1-4-8-13)21(18,19)14-9-5-2-6-10-14;15-9-13(14-6-12(7-14)8-14)16-17-10-11-4-2-1-3-5-11;1-4-2-5(1,4)3-4/h1-10H,12H2;1-5,12H,6-8,10H2;1-3H2/b17-15+;16-13+;. The van der Waals surface area contributed by atoms with Crippen molar-refractivity contribution in [1.29, 1.82) is 10.5 Å². The largest absolute Gasteiger partial charge is 0.390 e. The van der Waals surface area contributed by atoms with Crippen LogP contribution in [0.3, 0.4) is 0 Å². The van der Waals surface area contributed by atoms with Crippen molar-refractivity contribution in [1.82, 2.24) is 0 Å². The smallest absolute Gasteiger partial charge is 0.275 e. The highest BCUT2D eigenvalue weighted by atomic mass is 32.2. The van der Waals surface area contributed by atoms with Crippen molar-refractivity contribution in [3.05, 3.63) is 102 Å². The van der Waals surface area contributed by atoms with E-state index in [-0.39, 0.29) is 16.9 Å². The second-order valence-electron chi connectivity index (χ2n) is 12.2. The van der Waals surface area contributed by atoms with E-state index in [2.05, 4.69) is 16.4 Å². The summed E-state index contributed by atoms with van der Waals surface area (Å²) >= 11 is 0. The lowest BCUT2D eigenvalue weighted by Gasteiger charge is -2.60. The molecule has 0 N–H and O–H groups in total. The quantitative estimate of drug-likeness (QED) is 0.166. The first-order chi connectivity index (χ1) is 20.8. The van der Waals surface area contributed by atoms with Gasteiger partial charge >= 0.3 is 0 Å². The van der Waals surface area contributed by atoms with E-state index in [1.54, 1.807) is 43.5 Å². The molecule has 0 unspecified atom stereocenters. The Morgan fingerprint density at radius 1 is 0.721 bits per heavy atom. The molecule has 0 spiro atoms. The summed E-state index contributed by atoms with van der Waals surface area (Å²) in [5.74, 6) is 0.850. The van der Waals surface area contributed by atoms with Gasteiger partial charge < -0.3 is 9.68 Å². The lowest BCUT2D eigenvalue weighted by atomic mass is 9.43. The maximum atomic E-state index is 12.2. The SMILES string of the molecule is C1C23CC12C3.N#C/C(=N\OCc1ccccc1)C12CC(C1)C2.N#C/C(=N\OCc1ccccc1)S(=O)(=O)c1ccccc1. The third-order valence-electron chi connectivity index (χ3n) is 9.28. The van der Waals surface area contributed by atoms with Gasteiger partial charge in [0.05, 0.1) is 4.90 Å². The molecule has 2 bridgehead atoms. The van der Waals surface area contributed by atoms with Gasteiger partial charge in [0.2, 0.25) is 9.84 Å². The van der Waals surface area contributed by atoms with E-state index in [1.807, 2.05) is 60.7 Å². The van der Waals surface area contributed by atoms with Crippen LogP contribution in [0.4, 0.5) is 0 Å². The number of hydrogen-bond donors (Lipinski definition) is 0. The fourth-order valence-corrected chi connectivity index (χ4v) is 7.00. The number of benzene rings is 3. The van der Waals surface area contributed by atoms with Gasteiger partial charge in [-0.2, -0.15) is 10.5 Å². The summed E-state index contributed by atoms with van der Waals surface area (Å²) in [4.78, 5) is 10.3. The van der Waals surface area contributed by atoms with Crippen LogP contribution < -0.4 is 0 Å². The van der Waals surface area contributed by atoms with Crippen LogP contribution >= 0.6 is 0 Å². The topological polar surface area (TPSA) is 125 Å². The normalized spacial score (nSPS) is 28.1. The maximum Gasteiger partial charge on any atom is 0.275 e. The molecule has 9 heteroatoms. The minimum atomic E-state index is -3.94. The van der Waals surface area contributed by atoms with Crippen molar-refractivity contribution in [3.63, 3.8) is 0 Å². The van der Waals surface area contributed by atoms with Gasteiger partial charge in [0.1, 0.15) is 25.4 Å². The highest BCUT2D eigenvalue weighted by Gasteiger charge is 2.97. The summed E-state index contributed by atoms with van der Waals surface area (Å²) in [6.45, 7) is 0.530. The molecule has 43 heavy (non-hydrogen) atoms. The van der Waals surface area contributed by atoms with Gasteiger partial charge in [-0.1, -0.05) is 89.2 Å². The first-order valence-electron chi connectivity index (χ1n) is 14.4. The van der Waals surface area contributed by atoms with E-state index >= 15 is 0 Å². The zero-order valence-corrected chi connectivity index (χ0v) is 24.5. The lowest BCUT2D eigenvalue weighted by Crippen LogP contribution is -2.56. The molecule has 0 saturated heterocycles. The van der Waals surface area contributed by atoms with E-state index in [4.69, 9.17) is 20.2 Å². The minimum absolute atomic E-state index is 0.00797. The second-order valence-corrected chi connectivity index (χ2v) is 14.1. The van der Waals surface area contributed by atoms with Crippen LogP contribution in [0.2, 0.25) is 0 Å². The Hall–Kier alpha value is -4.47. The van der Waals surface area contributed by atoms with Crippen LogP contribution in [0.5, 0.6) is 0 Å². The summed E-state index contributed by atoms with van der Waals surface area (Å²) in [6, 6.07) is 30.4. The highest BCUT2D eigenvalue weighted by Crippen LogP contribution is 3.06. The fourth-order valence-electron chi connectivity index (χ4n) is 5.99. The molecule has 6 aliphatic carbocycles. The predicted molar refractivity (Wildman–Crippen MR) is 161 cm³/mol. The second kappa shape index (κ2) is 11.3. The van der Waals surface area contributed by atoms with Crippen molar-refractivity contribution >= 4 is 20.6 Å². The molecular formula is C34H32N4O4S. The third kappa shape index (κ3) is 5.91. The minimum Gasteiger partial charge on any atom is -0.390 e. The molecule has 0 heterocycles. The Kier molecular flexibility index (Phi) is 7.54. The van der Waals surface area contributed by atoms with Gasteiger partial charge in [0.15, 0.2) is 5.71 Å². The molecule has 6 saturated carbocycles. The van der Waals surface area contributed by atoms with Crippen LogP contribution in [0.15, 0.2) is 106 Å². The fraction of sp³-hybridized carbons (Fsp3) is 0.353. The van der Waals surface area contributed by atoms with Gasteiger partial charge in [0.25, 0.3) is 5.04 Å². The Balaban J connectivity index is 0.000000131. The summed E-state index contributed by atoms with van der Waals surface area (Å²) in [5, 5.41) is 24.9. The Morgan fingerprint density at radius 3 is 1.53 bits per heavy atom. The molecular weight excluding hydrogens is 560 g/mol. The number of nitrogens with zero attached hydrogens (tertiary/aromatic N) is 4. The molecule has 0 atom stereocenters. The molecule has 9 rings (SSSR count). The Bertz CT molecular complexity index is 1680. The van der Waals surface area contributed by atoms with Crippen molar-refractivity contribution in [2.75, 3.05) is 0 Å². The summed E-state index contributed by atoms with van der Waals surface area (Å²) in [7, 11) is -3.94. The Morgan fingerprint density at radius 2 is 1.16 bits per heavy atom. The van der Waals surface area contributed by atoms with Crippen LogP contribution in [-0.2, 0) is 32.7 Å². The van der Waals surface area contributed by atoms with Crippen molar-refractivity contribution in [2.45, 2.75) is 56.6 Å². The predicted octanol–water partition coefficient (Wildman–Crippen LogP) is 6.57. The van der Waals surface area contributed by atoms with Gasteiger partial charge in [-0.25, -0.2) is 8.42 Å². The highest BCUT2D eigenvalue weighted by molar-refractivity contribution is 8.07. The lowest BCUT2D eigenvalue weighted by molar-refractivity contribution is -0.0430.